The third kappa shape index (κ3) is 5.67. The number of ether oxygens (including phenoxy) is 1. The molecule has 0 radical (unpaired) electrons. The molecular formula is C29H31ClFN5O4. The zero-order chi connectivity index (χ0) is 28.4. The Morgan fingerprint density at radius 2 is 2.00 bits per heavy atom. The summed E-state index contributed by atoms with van der Waals surface area (Å²) < 4.78 is 24.5. The lowest BCUT2D eigenvalue weighted by Crippen LogP contribution is -2.38. The standard InChI is InChI=1S/C29H31ClFN5O4/c1-3-4-5-12-34-26(14-27(38)36-17-25(33-28(34)36)19-6-8-20(30)9-7-19)23-11-10-21(13-24(23)31)35-16-22(40-29(35)39)15-32-18(2)37/h6-11,14,17,21-22H,3-5,12-13,15-16H2,1-2H3,(H,32,37). The third-order valence-electron chi connectivity index (χ3n) is 7.17. The molecule has 2 unspecified atom stereocenters. The number of imidazole rings is 1. The molecule has 0 saturated carbocycles. The van der Waals surface area contributed by atoms with Crippen molar-refractivity contribution in [3.63, 3.8) is 0 Å². The van der Waals surface area contributed by atoms with Gasteiger partial charge in [0.25, 0.3) is 5.56 Å². The molecule has 40 heavy (non-hydrogen) atoms. The molecule has 3 heterocycles. The predicted molar refractivity (Wildman–Crippen MR) is 151 cm³/mol. The van der Waals surface area contributed by atoms with Crippen LogP contribution < -0.4 is 10.9 Å². The largest absolute Gasteiger partial charge is 0.442 e. The normalized spacial score (nSPS) is 19.0. The number of aryl methyl sites for hydroxylation is 1. The second kappa shape index (κ2) is 11.7. The first kappa shape index (κ1) is 27.6. The average molecular weight is 568 g/mol. The number of nitrogens with one attached hydrogen (secondary N) is 1. The third-order valence-corrected chi connectivity index (χ3v) is 7.42. The molecule has 210 valence electrons. The first-order chi connectivity index (χ1) is 19.2. The van der Waals surface area contributed by atoms with Crippen molar-refractivity contribution in [2.45, 2.75) is 58.2 Å². The zero-order valence-electron chi connectivity index (χ0n) is 22.4. The van der Waals surface area contributed by atoms with E-state index in [1.165, 1.54) is 22.3 Å². The SMILES string of the molecule is CCCCCn1c(C2=C(F)CC(N3CC(CNC(C)=O)OC3=O)C=C2)cc(=O)n2cc(-c3ccc(Cl)cc3)nc12. The van der Waals surface area contributed by atoms with E-state index < -0.39 is 24.1 Å². The summed E-state index contributed by atoms with van der Waals surface area (Å²) in [6.45, 7) is 4.49. The summed E-state index contributed by atoms with van der Waals surface area (Å²) in [6, 6.07) is 8.12. The van der Waals surface area contributed by atoms with Crippen LogP contribution in [0.5, 0.6) is 0 Å². The molecule has 1 fully saturated rings. The lowest BCUT2D eigenvalue weighted by atomic mass is 9.98. The van der Waals surface area contributed by atoms with Gasteiger partial charge >= 0.3 is 6.09 Å². The fourth-order valence-electron chi connectivity index (χ4n) is 5.09. The lowest BCUT2D eigenvalue weighted by Gasteiger charge is -2.26. The summed E-state index contributed by atoms with van der Waals surface area (Å²) >= 11 is 6.04. The number of cyclic esters (lactones) is 1. The Kier molecular flexibility index (Phi) is 8.07. The van der Waals surface area contributed by atoms with E-state index in [1.807, 2.05) is 16.7 Å². The maximum Gasteiger partial charge on any atom is 0.410 e. The van der Waals surface area contributed by atoms with Crippen LogP contribution in [0, 0.1) is 0 Å². The van der Waals surface area contributed by atoms with E-state index in [-0.39, 0.29) is 31.0 Å². The van der Waals surface area contributed by atoms with Crippen molar-refractivity contribution in [2.75, 3.05) is 13.1 Å². The molecule has 2 aliphatic rings. The Labute approximate surface area is 235 Å². The van der Waals surface area contributed by atoms with Crippen LogP contribution in [0.2, 0.25) is 5.02 Å². The topological polar surface area (TPSA) is 97.9 Å². The van der Waals surface area contributed by atoms with Crippen molar-refractivity contribution in [1.29, 1.82) is 0 Å². The minimum Gasteiger partial charge on any atom is -0.442 e. The minimum absolute atomic E-state index is 0.0490. The molecule has 0 spiro atoms. The van der Waals surface area contributed by atoms with E-state index in [0.717, 1.165) is 24.8 Å². The van der Waals surface area contributed by atoms with E-state index in [0.29, 0.717) is 34.3 Å². The van der Waals surface area contributed by atoms with Crippen molar-refractivity contribution in [1.82, 2.24) is 24.2 Å². The van der Waals surface area contributed by atoms with Gasteiger partial charge in [-0.1, -0.05) is 55.7 Å². The Balaban J connectivity index is 1.47. The van der Waals surface area contributed by atoms with Gasteiger partial charge in [0.05, 0.1) is 30.5 Å². The monoisotopic (exact) mass is 567 g/mol. The van der Waals surface area contributed by atoms with Gasteiger partial charge in [0.2, 0.25) is 11.7 Å². The number of nitrogens with zero attached hydrogens (tertiary/aromatic N) is 4. The number of unbranched alkanes of at least 4 members (excludes halogenated alkanes) is 2. The summed E-state index contributed by atoms with van der Waals surface area (Å²) in [5.74, 6) is -0.211. The van der Waals surface area contributed by atoms with Crippen LogP contribution in [0.3, 0.4) is 0 Å². The highest BCUT2D eigenvalue weighted by atomic mass is 35.5. The van der Waals surface area contributed by atoms with Crippen molar-refractivity contribution in [3.05, 3.63) is 75.6 Å². The van der Waals surface area contributed by atoms with Gasteiger partial charge in [0.15, 0.2) is 0 Å². The molecule has 5 rings (SSSR count). The fraction of sp³-hybridized carbons (Fsp3) is 0.379. The van der Waals surface area contributed by atoms with Gasteiger partial charge in [0.1, 0.15) is 11.9 Å². The molecule has 2 amide bonds. The fourth-order valence-corrected chi connectivity index (χ4v) is 5.22. The van der Waals surface area contributed by atoms with Crippen LogP contribution in [0.4, 0.5) is 9.18 Å². The molecule has 1 aliphatic carbocycles. The number of hydrogen-bond donors (Lipinski definition) is 1. The number of fused-ring (bicyclic) bond motifs is 1. The average Bonchev–Trinajstić information content (AvgIpc) is 3.54. The Morgan fingerprint density at radius 1 is 1.23 bits per heavy atom. The number of carbonyl (C=O) groups excluding carboxylic acids is 2. The van der Waals surface area contributed by atoms with Gasteiger partial charge in [-0.25, -0.2) is 14.2 Å². The highest BCUT2D eigenvalue weighted by Crippen LogP contribution is 2.33. The van der Waals surface area contributed by atoms with E-state index in [2.05, 4.69) is 12.2 Å². The molecule has 11 heteroatoms. The van der Waals surface area contributed by atoms with Crippen LogP contribution in [0.25, 0.3) is 22.6 Å². The van der Waals surface area contributed by atoms with Gasteiger partial charge in [-0.05, 0) is 18.6 Å². The Hall–Kier alpha value is -3.92. The molecule has 1 aliphatic heterocycles. The molecule has 2 aromatic heterocycles. The molecule has 0 bridgehead atoms. The number of aromatic nitrogens is 3. The maximum absolute atomic E-state index is 15.8. The number of halogens is 2. The highest BCUT2D eigenvalue weighted by molar-refractivity contribution is 6.30. The molecule has 2 atom stereocenters. The Bertz CT molecular complexity index is 1560. The second-order valence-corrected chi connectivity index (χ2v) is 10.5. The summed E-state index contributed by atoms with van der Waals surface area (Å²) in [5, 5.41) is 3.24. The van der Waals surface area contributed by atoms with Crippen molar-refractivity contribution in [3.8, 4) is 11.3 Å². The van der Waals surface area contributed by atoms with E-state index in [4.69, 9.17) is 21.3 Å². The number of allylic oxidation sites excluding steroid dienone is 2. The quantitative estimate of drug-likeness (QED) is 0.368. The number of hydrogen-bond acceptors (Lipinski definition) is 5. The van der Waals surface area contributed by atoms with Crippen LogP contribution in [-0.2, 0) is 16.1 Å². The molecular weight excluding hydrogens is 537 g/mol. The second-order valence-electron chi connectivity index (χ2n) is 10.1. The minimum atomic E-state index is -0.550. The smallest absolute Gasteiger partial charge is 0.410 e. The highest BCUT2D eigenvalue weighted by Gasteiger charge is 2.37. The van der Waals surface area contributed by atoms with E-state index in [1.54, 1.807) is 30.5 Å². The Morgan fingerprint density at radius 3 is 2.70 bits per heavy atom. The van der Waals surface area contributed by atoms with Crippen LogP contribution in [0.15, 0.2) is 59.3 Å². The van der Waals surface area contributed by atoms with Crippen LogP contribution in [0.1, 0.15) is 45.2 Å². The molecule has 3 aromatic rings. The van der Waals surface area contributed by atoms with E-state index >= 15 is 4.39 Å². The number of rotatable bonds is 9. The first-order valence-corrected chi connectivity index (χ1v) is 13.8. The summed E-state index contributed by atoms with van der Waals surface area (Å²) in [6.07, 6.45) is 6.79. The molecule has 1 aromatic carbocycles. The maximum atomic E-state index is 15.8. The molecule has 1 saturated heterocycles. The number of carbonyl (C=O) groups is 2. The number of benzene rings is 1. The predicted octanol–water partition coefficient (Wildman–Crippen LogP) is 4.97. The molecule has 1 N–H and O–H groups in total. The zero-order valence-corrected chi connectivity index (χ0v) is 23.2. The lowest BCUT2D eigenvalue weighted by molar-refractivity contribution is -0.119. The van der Waals surface area contributed by atoms with E-state index in [9.17, 15) is 14.4 Å². The summed E-state index contributed by atoms with van der Waals surface area (Å²) in [7, 11) is 0. The molecule has 9 nitrogen and oxygen atoms in total. The van der Waals surface area contributed by atoms with Gasteiger partial charge in [-0.3, -0.25) is 18.9 Å². The van der Waals surface area contributed by atoms with Crippen molar-refractivity contribution >= 4 is 35.0 Å². The van der Waals surface area contributed by atoms with Gasteiger partial charge in [-0.15, -0.1) is 0 Å². The number of amides is 2. The van der Waals surface area contributed by atoms with Gasteiger partial charge in [-0.2, -0.15) is 0 Å². The summed E-state index contributed by atoms with van der Waals surface area (Å²) in [4.78, 5) is 43.1. The van der Waals surface area contributed by atoms with Gasteiger partial charge < -0.3 is 14.6 Å². The van der Waals surface area contributed by atoms with Crippen molar-refractivity contribution < 1.29 is 18.7 Å². The van der Waals surface area contributed by atoms with Crippen molar-refractivity contribution in [2.24, 2.45) is 0 Å². The van der Waals surface area contributed by atoms with Crippen LogP contribution in [-0.4, -0.2) is 56.1 Å². The summed E-state index contributed by atoms with van der Waals surface area (Å²) in [5.41, 5.74) is 1.86. The van der Waals surface area contributed by atoms with Gasteiger partial charge in [0, 0.05) is 48.3 Å². The van der Waals surface area contributed by atoms with Crippen LogP contribution >= 0.6 is 11.6 Å². The first-order valence-electron chi connectivity index (χ1n) is 13.4.